The van der Waals surface area contributed by atoms with E-state index in [1.165, 1.54) is 17.2 Å². The van der Waals surface area contributed by atoms with Gasteiger partial charge in [-0.25, -0.2) is 23.9 Å². The molecular weight excluding hydrogens is 607 g/mol. The Morgan fingerprint density at radius 2 is 1.91 bits per heavy atom. The van der Waals surface area contributed by atoms with E-state index >= 15 is 4.39 Å². The number of carbonyl (C=O) groups excluding carboxylic acids is 3. The first kappa shape index (κ1) is 30.2. The molecule has 7 rings (SSSR count). The number of halogens is 1. The van der Waals surface area contributed by atoms with Gasteiger partial charge in [0.25, 0.3) is 5.91 Å². The number of hydrogen-bond acceptors (Lipinski definition) is 9. The standard InChI is InChI=1S/C34H33FN6O6/c1-18-9-10-36-30-29(18)40(11-12-45-30)33(44)46-25-14-19-15-26(37-16-24(19)28(27(25)35)39-32(43)47-34(2,3)4)38-21-5-8-23-20(13-21)17-41(31(23)42)22-6-7-22/h5,8-10,13-16,22H,6-7,11-12,17H2,1-4H3,(H,37,38)(H,39,43). The van der Waals surface area contributed by atoms with Gasteiger partial charge in [0.05, 0.1) is 12.2 Å². The van der Waals surface area contributed by atoms with Crippen LogP contribution in [0.25, 0.3) is 10.8 Å². The van der Waals surface area contributed by atoms with Gasteiger partial charge in [-0.1, -0.05) is 0 Å². The van der Waals surface area contributed by atoms with Crippen molar-refractivity contribution >= 4 is 51.7 Å². The van der Waals surface area contributed by atoms with Crippen LogP contribution in [0.4, 0.5) is 36.9 Å². The molecule has 47 heavy (non-hydrogen) atoms. The van der Waals surface area contributed by atoms with Crippen LogP contribution >= 0.6 is 0 Å². The molecule has 2 aliphatic heterocycles. The molecule has 4 aromatic rings. The maximum Gasteiger partial charge on any atom is 0.420 e. The lowest BCUT2D eigenvalue weighted by molar-refractivity contribution is 0.0634. The van der Waals surface area contributed by atoms with E-state index < -0.39 is 29.4 Å². The minimum Gasteiger partial charge on any atom is -0.474 e. The highest BCUT2D eigenvalue weighted by Crippen LogP contribution is 2.39. The summed E-state index contributed by atoms with van der Waals surface area (Å²) in [6, 6.07) is 10.6. The molecular formula is C34H33FN6O6. The number of hydrogen-bond donors (Lipinski definition) is 2. The first-order valence-corrected chi connectivity index (χ1v) is 15.4. The Morgan fingerprint density at radius 3 is 2.68 bits per heavy atom. The number of nitrogens with zero attached hydrogens (tertiary/aromatic N) is 4. The van der Waals surface area contributed by atoms with Crippen LogP contribution in [0, 0.1) is 12.7 Å². The van der Waals surface area contributed by atoms with Crippen molar-refractivity contribution in [1.29, 1.82) is 0 Å². The zero-order valence-corrected chi connectivity index (χ0v) is 26.3. The van der Waals surface area contributed by atoms with Crippen molar-refractivity contribution in [3.63, 3.8) is 0 Å². The predicted molar refractivity (Wildman–Crippen MR) is 172 cm³/mol. The molecule has 242 valence electrons. The summed E-state index contributed by atoms with van der Waals surface area (Å²) in [6.07, 6.45) is 3.33. The molecule has 4 heterocycles. The smallest absolute Gasteiger partial charge is 0.420 e. The number of aromatic nitrogens is 2. The Labute approximate surface area is 269 Å². The van der Waals surface area contributed by atoms with Crippen LogP contribution in [-0.4, -0.2) is 57.8 Å². The highest BCUT2D eigenvalue weighted by atomic mass is 19.1. The molecule has 2 aromatic carbocycles. The minimum absolute atomic E-state index is 0.0546. The van der Waals surface area contributed by atoms with Crippen LogP contribution in [-0.2, 0) is 11.3 Å². The van der Waals surface area contributed by atoms with Crippen molar-refractivity contribution in [2.75, 3.05) is 28.7 Å². The molecule has 13 heteroatoms. The van der Waals surface area contributed by atoms with Crippen molar-refractivity contribution in [3.8, 4) is 11.6 Å². The highest BCUT2D eigenvalue weighted by molar-refractivity contribution is 6.03. The van der Waals surface area contributed by atoms with E-state index in [0.29, 0.717) is 35.0 Å². The Morgan fingerprint density at radius 1 is 1.11 bits per heavy atom. The second-order valence-corrected chi connectivity index (χ2v) is 12.8. The van der Waals surface area contributed by atoms with E-state index in [2.05, 4.69) is 20.6 Å². The average Bonchev–Trinajstić information content (AvgIpc) is 3.81. The SMILES string of the molecule is Cc1ccnc2c1N(C(=O)Oc1cc3cc(Nc4ccc5c(c4)CN(C4CC4)C5=O)ncc3c(NC(=O)OC(C)(C)C)c1F)CCO2. The Hall–Kier alpha value is -5.46. The fourth-order valence-corrected chi connectivity index (χ4v) is 5.80. The molecule has 0 spiro atoms. The average molecular weight is 641 g/mol. The lowest BCUT2D eigenvalue weighted by Crippen LogP contribution is -2.40. The van der Waals surface area contributed by atoms with Gasteiger partial charge in [-0.15, -0.1) is 0 Å². The van der Waals surface area contributed by atoms with Crippen LogP contribution in [0.5, 0.6) is 11.6 Å². The lowest BCUT2D eigenvalue weighted by atomic mass is 10.1. The predicted octanol–water partition coefficient (Wildman–Crippen LogP) is 6.68. The molecule has 1 aliphatic carbocycles. The number of anilines is 4. The van der Waals surface area contributed by atoms with Crippen molar-refractivity contribution in [2.24, 2.45) is 0 Å². The maximum absolute atomic E-state index is 16.1. The van der Waals surface area contributed by atoms with E-state index in [-0.39, 0.29) is 36.0 Å². The molecule has 0 atom stereocenters. The molecule has 2 N–H and O–H groups in total. The van der Waals surface area contributed by atoms with Gasteiger partial charge in [-0.3, -0.25) is 15.0 Å². The van der Waals surface area contributed by atoms with Crippen molar-refractivity contribution < 1.29 is 33.0 Å². The number of nitrogens with one attached hydrogen (secondary N) is 2. The fourth-order valence-electron chi connectivity index (χ4n) is 5.80. The van der Waals surface area contributed by atoms with Crippen molar-refractivity contribution in [2.45, 2.75) is 58.7 Å². The number of rotatable bonds is 5. The fraction of sp³-hybridized carbons (Fsp3) is 0.324. The second-order valence-electron chi connectivity index (χ2n) is 12.8. The number of fused-ring (bicyclic) bond motifs is 3. The molecule has 12 nitrogen and oxygen atoms in total. The summed E-state index contributed by atoms with van der Waals surface area (Å²) in [5.74, 6) is -0.635. The molecule has 2 aromatic heterocycles. The molecule has 0 bridgehead atoms. The molecule has 3 amide bonds. The van der Waals surface area contributed by atoms with Gasteiger partial charge in [0.15, 0.2) is 11.6 Å². The molecule has 3 aliphatic rings. The number of carbonyl (C=O) groups is 3. The highest BCUT2D eigenvalue weighted by Gasteiger charge is 2.38. The first-order valence-electron chi connectivity index (χ1n) is 15.4. The van der Waals surface area contributed by atoms with Gasteiger partial charge in [0.2, 0.25) is 5.88 Å². The molecule has 1 saturated carbocycles. The molecule has 1 fully saturated rings. The molecule has 0 saturated heterocycles. The van der Waals surface area contributed by atoms with Crippen molar-refractivity contribution in [3.05, 3.63) is 71.3 Å². The van der Waals surface area contributed by atoms with E-state index in [1.807, 2.05) is 17.0 Å². The van der Waals surface area contributed by atoms with E-state index in [1.54, 1.807) is 52.1 Å². The van der Waals surface area contributed by atoms with Crippen LogP contribution in [0.1, 0.15) is 55.1 Å². The van der Waals surface area contributed by atoms with Gasteiger partial charge >= 0.3 is 12.2 Å². The summed E-state index contributed by atoms with van der Waals surface area (Å²) in [7, 11) is 0. The normalized spacial score (nSPS) is 15.6. The molecule has 0 radical (unpaired) electrons. The summed E-state index contributed by atoms with van der Waals surface area (Å²) in [6.45, 7) is 7.78. The summed E-state index contributed by atoms with van der Waals surface area (Å²) in [5.41, 5.74) is 2.42. The number of pyridine rings is 2. The van der Waals surface area contributed by atoms with E-state index in [0.717, 1.165) is 29.7 Å². The number of ether oxygens (including phenoxy) is 3. The summed E-state index contributed by atoms with van der Waals surface area (Å²) < 4.78 is 32.7. The van der Waals surface area contributed by atoms with Gasteiger partial charge in [0, 0.05) is 41.6 Å². The third kappa shape index (κ3) is 5.96. The summed E-state index contributed by atoms with van der Waals surface area (Å²) in [4.78, 5) is 50.9. The lowest BCUT2D eigenvalue weighted by Gasteiger charge is -2.29. The topological polar surface area (TPSA) is 135 Å². The Balaban J connectivity index is 1.22. The van der Waals surface area contributed by atoms with Crippen LogP contribution in [0.3, 0.4) is 0 Å². The van der Waals surface area contributed by atoms with Gasteiger partial charge < -0.3 is 24.4 Å². The van der Waals surface area contributed by atoms with Gasteiger partial charge in [-0.05, 0) is 93.4 Å². The zero-order chi connectivity index (χ0) is 33.0. The maximum atomic E-state index is 16.1. The number of benzene rings is 2. The third-order valence-electron chi connectivity index (χ3n) is 8.08. The van der Waals surface area contributed by atoms with Crippen LogP contribution in [0.15, 0.2) is 48.8 Å². The third-order valence-corrected chi connectivity index (χ3v) is 8.08. The van der Waals surface area contributed by atoms with Gasteiger partial charge in [0.1, 0.15) is 23.7 Å². The first-order chi connectivity index (χ1) is 22.4. The minimum atomic E-state index is -0.973. The van der Waals surface area contributed by atoms with Crippen LogP contribution < -0.4 is 25.0 Å². The second kappa shape index (κ2) is 11.4. The summed E-state index contributed by atoms with van der Waals surface area (Å²) >= 11 is 0. The van der Waals surface area contributed by atoms with Gasteiger partial charge in [-0.2, -0.15) is 0 Å². The van der Waals surface area contributed by atoms with Crippen molar-refractivity contribution in [1.82, 2.24) is 14.9 Å². The number of aryl methyl sites for hydroxylation is 1. The van der Waals surface area contributed by atoms with E-state index in [9.17, 15) is 14.4 Å². The monoisotopic (exact) mass is 640 g/mol. The largest absolute Gasteiger partial charge is 0.474 e. The van der Waals surface area contributed by atoms with E-state index in [4.69, 9.17) is 14.2 Å². The quantitative estimate of drug-likeness (QED) is 0.245. The zero-order valence-electron chi connectivity index (χ0n) is 26.3. The summed E-state index contributed by atoms with van der Waals surface area (Å²) in [5, 5.41) is 6.42. The Bertz CT molecular complexity index is 1960. The van der Waals surface area contributed by atoms with Crippen LogP contribution in [0.2, 0.25) is 0 Å². The number of amides is 3. The Kier molecular flexibility index (Phi) is 7.33. The molecule has 0 unspecified atom stereocenters.